The molecule has 2 rings (SSSR count). The number of anilines is 1. The second-order valence-electron chi connectivity index (χ2n) is 2.57. The normalized spacial score (nSPS) is 10.1. The zero-order chi connectivity index (χ0) is 9.97. The van der Waals surface area contributed by atoms with Gasteiger partial charge in [0.1, 0.15) is 5.82 Å². The van der Waals surface area contributed by atoms with E-state index in [0.29, 0.717) is 16.4 Å². The van der Waals surface area contributed by atoms with Gasteiger partial charge in [-0.1, -0.05) is 0 Å². The molecule has 72 valence electrons. The van der Waals surface area contributed by atoms with E-state index >= 15 is 0 Å². The van der Waals surface area contributed by atoms with E-state index in [1.165, 1.54) is 17.4 Å². The molecule has 0 aliphatic heterocycles. The molecule has 0 fully saturated rings. The first-order valence-corrected chi connectivity index (χ1v) is 4.70. The van der Waals surface area contributed by atoms with Crippen LogP contribution in [0.1, 0.15) is 0 Å². The summed E-state index contributed by atoms with van der Waals surface area (Å²) in [5, 5.41) is 2.37. The van der Waals surface area contributed by atoms with Gasteiger partial charge in [-0.05, 0) is 6.07 Å². The van der Waals surface area contributed by atoms with Crippen LogP contribution in [-0.4, -0.2) is 9.97 Å². The Hall–Kier alpha value is -1.53. The number of pyridine rings is 1. The van der Waals surface area contributed by atoms with Crippen molar-refractivity contribution in [3.05, 3.63) is 29.7 Å². The predicted molar refractivity (Wildman–Crippen MR) is 53.1 cm³/mol. The maximum atomic E-state index is 12.8. The smallest absolute Gasteiger partial charge is 0.197 e. The van der Waals surface area contributed by atoms with Gasteiger partial charge in [0.05, 0.1) is 11.9 Å². The number of aromatic nitrogens is 2. The second-order valence-corrected chi connectivity index (χ2v) is 3.43. The number of hydrogen-bond donors (Lipinski definition) is 2. The van der Waals surface area contributed by atoms with Crippen molar-refractivity contribution in [2.75, 3.05) is 5.43 Å². The Morgan fingerprint density at radius 3 is 2.93 bits per heavy atom. The van der Waals surface area contributed by atoms with Crippen molar-refractivity contribution in [2.24, 2.45) is 5.84 Å². The molecule has 4 nitrogen and oxygen atoms in total. The number of nitrogens with zero attached hydrogens (tertiary/aromatic N) is 2. The van der Waals surface area contributed by atoms with E-state index in [1.807, 2.05) is 0 Å². The summed E-state index contributed by atoms with van der Waals surface area (Å²) in [6.07, 6.45) is 2.70. The lowest BCUT2D eigenvalue weighted by Crippen LogP contribution is -2.05. The molecule has 0 aromatic carbocycles. The van der Waals surface area contributed by atoms with E-state index in [2.05, 4.69) is 15.4 Å². The fourth-order valence-electron chi connectivity index (χ4n) is 1.02. The highest BCUT2D eigenvalue weighted by molar-refractivity contribution is 7.14. The number of rotatable bonds is 2. The summed E-state index contributed by atoms with van der Waals surface area (Å²) in [6.45, 7) is 0. The summed E-state index contributed by atoms with van der Waals surface area (Å²) < 4.78 is 12.8. The van der Waals surface area contributed by atoms with Crippen molar-refractivity contribution >= 4 is 16.5 Å². The predicted octanol–water partition coefficient (Wildman–Crippen LogP) is 1.63. The van der Waals surface area contributed by atoms with Crippen LogP contribution in [0, 0.1) is 5.82 Å². The van der Waals surface area contributed by atoms with Gasteiger partial charge in [-0.15, -0.1) is 11.3 Å². The number of nitrogens with two attached hydrogens (primary N) is 1. The van der Waals surface area contributed by atoms with E-state index in [0.717, 1.165) is 6.20 Å². The molecule has 2 aromatic rings. The number of hydrazine groups is 1. The van der Waals surface area contributed by atoms with Crippen LogP contribution in [0.15, 0.2) is 23.8 Å². The second kappa shape index (κ2) is 3.69. The molecule has 6 heteroatoms. The summed E-state index contributed by atoms with van der Waals surface area (Å²) in [5.74, 6) is 4.80. The molecular weight excluding hydrogens is 203 g/mol. The Labute approximate surface area is 83.6 Å². The van der Waals surface area contributed by atoms with Crippen molar-refractivity contribution in [3.63, 3.8) is 0 Å². The van der Waals surface area contributed by atoms with Crippen molar-refractivity contribution in [1.29, 1.82) is 0 Å². The van der Waals surface area contributed by atoms with E-state index in [4.69, 9.17) is 5.84 Å². The molecule has 0 aliphatic rings. The Morgan fingerprint density at radius 2 is 2.29 bits per heavy atom. The van der Waals surface area contributed by atoms with E-state index in [-0.39, 0.29) is 5.82 Å². The zero-order valence-electron chi connectivity index (χ0n) is 7.07. The fraction of sp³-hybridized carbons (Fsp3) is 0. The summed E-state index contributed by atoms with van der Waals surface area (Å²) in [7, 11) is 0. The van der Waals surface area contributed by atoms with Crippen molar-refractivity contribution in [3.8, 4) is 11.3 Å². The molecule has 0 bridgehead atoms. The van der Waals surface area contributed by atoms with Crippen LogP contribution in [0.5, 0.6) is 0 Å². The Balaban J connectivity index is 2.39. The monoisotopic (exact) mass is 210 g/mol. The molecular formula is C8H7FN4S. The molecule has 0 aliphatic carbocycles. The first-order valence-electron chi connectivity index (χ1n) is 3.82. The van der Waals surface area contributed by atoms with Gasteiger partial charge in [-0.2, -0.15) is 0 Å². The number of thiazole rings is 1. The number of halogens is 1. The largest absolute Gasteiger partial charge is 0.300 e. The molecule has 2 aromatic heterocycles. The molecule has 2 heterocycles. The van der Waals surface area contributed by atoms with Crippen LogP contribution < -0.4 is 11.3 Å². The van der Waals surface area contributed by atoms with Crippen LogP contribution in [-0.2, 0) is 0 Å². The minimum Gasteiger partial charge on any atom is -0.300 e. The molecule has 0 spiro atoms. The maximum absolute atomic E-state index is 12.8. The maximum Gasteiger partial charge on any atom is 0.197 e. The summed E-state index contributed by atoms with van der Waals surface area (Å²) in [4.78, 5) is 7.85. The highest BCUT2D eigenvalue weighted by atomic mass is 32.1. The van der Waals surface area contributed by atoms with Crippen molar-refractivity contribution < 1.29 is 4.39 Å². The quantitative estimate of drug-likeness (QED) is 0.584. The highest BCUT2D eigenvalue weighted by Gasteiger charge is 2.04. The van der Waals surface area contributed by atoms with Gasteiger partial charge in [-0.25, -0.2) is 15.2 Å². The van der Waals surface area contributed by atoms with Crippen LogP contribution in [0.4, 0.5) is 9.52 Å². The Bertz CT molecular complexity index is 442. The van der Waals surface area contributed by atoms with Gasteiger partial charge in [0.15, 0.2) is 5.13 Å². The van der Waals surface area contributed by atoms with Crippen molar-refractivity contribution in [1.82, 2.24) is 9.97 Å². The lowest BCUT2D eigenvalue weighted by atomic mass is 10.2. The number of nitrogen functional groups attached to an aromatic ring is 1. The lowest BCUT2D eigenvalue weighted by Gasteiger charge is -1.95. The molecule has 0 atom stereocenters. The highest BCUT2D eigenvalue weighted by Crippen LogP contribution is 2.23. The Morgan fingerprint density at radius 1 is 1.43 bits per heavy atom. The molecule has 14 heavy (non-hydrogen) atoms. The standard InChI is InChI=1S/C8H7FN4S/c9-6-1-5(2-11-3-6)7-4-14-8(12-7)13-10/h1-4H,10H2,(H,12,13). The van der Waals surface area contributed by atoms with Gasteiger partial charge in [-0.3, -0.25) is 10.4 Å². The van der Waals surface area contributed by atoms with E-state index in [9.17, 15) is 4.39 Å². The van der Waals surface area contributed by atoms with Crippen LogP contribution in [0.3, 0.4) is 0 Å². The first-order chi connectivity index (χ1) is 6.79. The zero-order valence-corrected chi connectivity index (χ0v) is 7.88. The SMILES string of the molecule is NNc1nc(-c2cncc(F)c2)cs1. The summed E-state index contributed by atoms with van der Waals surface area (Å²) in [6, 6.07) is 1.38. The van der Waals surface area contributed by atoms with Gasteiger partial charge < -0.3 is 0 Å². The minimum absolute atomic E-state index is 0.377. The van der Waals surface area contributed by atoms with E-state index in [1.54, 1.807) is 11.6 Å². The van der Waals surface area contributed by atoms with Crippen LogP contribution in [0.25, 0.3) is 11.3 Å². The fourth-order valence-corrected chi connectivity index (χ4v) is 1.66. The molecule has 0 radical (unpaired) electrons. The first kappa shape index (κ1) is 9.04. The summed E-state index contributed by atoms with van der Waals surface area (Å²) >= 11 is 1.35. The third-order valence-corrected chi connectivity index (χ3v) is 2.40. The minimum atomic E-state index is -0.377. The molecule has 3 N–H and O–H groups in total. The molecule has 0 saturated carbocycles. The number of nitrogens with one attached hydrogen (secondary N) is 1. The average molecular weight is 210 g/mol. The summed E-state index contributed by atoms with van der Waals surface area (Å²) in [5.41, 5.74) is 3.73. The molecule has 0 amide bonds. The third-order valence-electron chi connectivity index (χ3n) is 1.63. The molecule has 0 unspecified atom stereocenters. The number of hydrogen-bond acceptors (Lipinski definition) is 5. The third kappa shape index (κ3) is 1.70. The van der Waals surface area contributed by atoms with Gasteiger partial charge >= 0.3 is 0 Å². The van der Waals surface area contributed by atoms with Crippen LogP contribution in [0.2, 0.25) is 0 Å². The average Bonchev–Trinajstić information content (AvgIpc) is 2.66. The lowest BCUT2D eigenvalue weighted by molar-refractivity contribution is 0.622. The van der Waals surface area contributed by atoms with Crippen LogP contribution >= 0.6 is 11.3 Å². The van der Waals surface area contributed by atoms with Gasteiger partial charge in [0, 0.05) is 17.1 Å². The van der Waals surface area contributed by atoms with E-state index < -0.39 is 0 Å². The molecule has 0 saturated heterocycles. The Kier molecular flexibility index (Phi) is 2.38. The van der Waals surface area contributed by atoms with Gasteiger partial charge in [0.2, 0.25) is 0 Å². The topological polar surface area (TPSA) is 63.8 Å². The van der Waals surface area contributed by atoms with Gasteiger partial charge in [0.25, 0.3) is 0 Å². The van der Waals surface area contributed by atoms with Crippen molar-refractivity contribution in [2.45, 2.75) is 0 Å².